The van der Waals surface area contributed by atoms with Gasteiger partial charge >= 0.3 is 12.2 Å². The molecule has 3 heterocycles. The number of aromatic nitrogens is 1. The van der Waals surface area contributed by atoms with E-state index < -0.39 is 47.1 Å². The molecule has 1 aliphatic carbocycles. The topological polar surface area (TPSA) is 131 Å². The number of hydrogen-bond donors (Lipinski definition) is 2. The SMILES string of the molecule is Cc1cc(Cl)c(OCCOc2ncc(C3=C(C(=O)NC4(Cc5cccc(F)c5Cl)CC4)[C@H]4CN(C(=O)OC(C)(C)C)CC(C3)N4C(=O)O)s2)c(Cl)c1. The Morgan fingerprint density at radius 1 is 1.10 bits per heavy atom. The van der Waals surface area contributed by atoms with Crippen LogP contribution in [-0.4, -0.2) is 87.5 Å². The molecule has 2 fully saturated rings. The van der Waals surface area contributed by atoms with Gasteiger partial charge in [-0.15, -0.1) is 0 Å². The Kier molecular flexibility index (Phi) is 10.9. The molecule has 52 heavy (non-hydrogen) atoms. The van der Waals surface area contributed by atoms with E-state index in [0.29, 0.717) is 49.8 Å². The highest BCUT2D eigenvalue weighted by molar-refractivity contribution is 7.14. The van der Waals surface area contributed by atoms with Crippen molar-refractivity contribution in [3.63, 3.8) is 0 Å². The van der Waals surface area contributed by atoms with Crippen molar-refractivity contribution in [1.29, 1.82) is 0 Å². The number of piperazine rings is 1. The molecule has 1 unspecified atom stereocenters. The van der Waals surface area contributed by atoms with Crippen LogP contribution in [0.4, 0.5) is 14.0 Å². The van der Waals surface area contributed by atoms with E-state index in [-0.39, 0.29) is 49.7 Å². The number of carbonyl (C=O) groups is 3. The summed E-state index contributed by atoms with van der Waals surface area (Å²) < 4.78 is 31.6. The Labute approximate surface area is 319 Å². The van der Waals surface area contributed by atoms with Gasteiger partial charge in [0.2, 0.25) is 5.91 Å². The fourth-order valence-corrected chi connectivity index (χ4v) is 8.37. The molecular weight excluding hydrogens is 758 g/mol. The van der Waals surface area contributed by atoms with Crippen molar-refractivity contribution in [1.82, 2.24) is 20.1 Å². The van der Waals surface area contributed by atoms with Gasteiger partial charge in [0, 0.05) is 30.4 Å². The zero-order valence-corrected chi connectivity index (χ0v) is 32.0. The number of fused-ring (bicyclic) bond motifs is 2. The first kappa shape index (κ1) is 38.0. The van der Waals surface area contributed by atoms with E-state index in [1.54, 1.807) is 51.2 Å². The lowest BCUT2D eigenvalue weighted by Gasteiger charge is -2.49. The number of amides is 3. The summed E-state index contributed by atoms with van der Waals surface area (Å²) in [5.74, 6) is -0.691. The van der Waals surface area contributed by atoms with E-state index in [9.17, 15) is 23.9 Å². The number of carbonyl (C=O) groups excluding carboxylic acids is 2. The molecule has 11 nitrogen and oxygen atoms in total. The average Bonchev–Trinajstić information content (AvgIpc) is 3.62. The molecule has 2 atom stereocenters. The Balaban J connectivity index is 1.28. The summed E-state index contributed by atoms with van der Waals surface area (Å²) in [4.78, 5) is 48.2. The number of hydrogen-bond acceptors (Lipinski definition) is 8. The monoisotopic (exact) mass is 794 g/mol. The van der Waals surface area contributed by atoms with Gasteiger partial charge < -0.3 is 29.5 Å². The van der Waals surface area contributed by atoms with Crippen LogP contribution in [0.25, 0.3) is 5.57 Å². The Bertz CT molecular complexity index is 1910. The summed E-state index contributed by atoms with van der Waals surface area (Å²) in [6.45, 7) is 7.34. The normalized spacial score (nSPS) is 19.3. The highest BCUT2D eigenvalue weighted by Crippen LogP contribution is 2.44. The Morgan fingerprint density at radius 3 is 2.44 bits per heavy atom. The summed E-state index contributed by atoms with van der Waals surface area (Å²) in [7, 11) is 0. The molecule has 2 aliphatic heterocycles. The molecule has 2 bridgehead atoms. The van der Waals surface area contributed by atoms with Crippen LogP contribution in [0.5, 0.6) is 10.9 Å². The minimum atomic E-state index is -1.21. The maximum absolute atomic E-state index is 14.5. The largest absolute Gasteiger partial charge is 0.487 e. The lowest BCUT2D eigenvalue weighted by Crippen LogP contribution is -2.65. The number of carboxylic acid groups (broad SMARTS) is 1. The molecule has 278 valence electrons. The fraction of sp³-hybridized carbons (Fsp3) is 0.444. The smallest absolute Gasteiger partial charge is 0.410 e. The van der Waals surface area contributed by atoms with Crippen molar-refractivity contribution in [2.24, 2.45) is 0 Å². The second kappa shape index (κ2) is 14.9. The molecule has 1 aromatic heterocycles. The number of aryl methyl sites for hydroxylation is 1. The van der Waals surface area contributed by atoms with E-state index in [2.05, 4.69) is 10.3 Å². The van der Waals surface area contributed by atoms with E-state index in [1.165, 1.54) is 27.2 Å². The number of benzene rings is 2. The Hall–Kier alpha value is -3.78. The van der Waals surface area contributed by atoms with Gasteiger partial charge in [-0.2, -0.15) is 0 Å². The fourth-order valence-electron chi connectivity index (χ4n) is 6.61. The first-order valence-corrected chi connectivity index (χ1v) is 18.6. The van der Waals surface area contributed by atoms with E-state index in [4.69, 9.17) is 49.0 Å². The molecule has 3 aliphatic rings. The minimum Gasteiger partial charge on any atom is -0.487 e. The summed E-state index contributed by atoms with van der Waals surface area (Å²) in [6, 6.07) is 6.37. The van der Waals surface area contributed by atoms with E-state index >= 15 is 0 Å². The van der Waals surface area contributed by atoms with Crippen molar-refractivity contribution < 1.29 is 38.1 Å². The van der Waals surface area contributed by atoms with Gasteiger partial charge in [-0.25, -0.2) is 19.0 Å². The third-order valence-electron chi connectivity index (χ3n) is 9.04. The van der Waals surface area contributed by atoms with Crippen molar-refractivity contribution in [2.75, 3.05) is 26.3 Å². The zero-order valence-electron chi connectivity index (χ0n) is 28.9. The molecule has 3 amide bonds. The molecule has 0 spiro atoms. The summed E-state index contributed by atoms with van der Waals surface area (Å²) in [5, 5.41) is 14.6. The molecule has 1 saturated heterocycles. The number of thiazole rings is 1. The van der Waals surface area contributed by atoms with E-state index in [0.717, 1.165) is 5.56 Å². The summed E-state index contributed by atoms with van der Waals surface area (Å²) in [5.41, 5.74) is 0.772. The summed E-state index contributed by atoms with van der Waals surface area (Å²) >= 11 is 20.1. The van der Waals surface area contributed by atoms with Gasteiger partial charge in [-0.05, 0) is 88.3 Å². The minimum absolute atomic E-state index is 0.00609. The molecular formula is C36H38Cl3FN4O7S. The molecule has 0 radical (unpaired) electrons. The van der Waals surface area contributed by atoms with Crippen LogP contribution in [0.15, 0.2) is 42.1 Å². The van der Waals surface area contributed by atoms with Crippen LogP contribution >= 0.6 is 46.1 Å². The molecule has 6 rings (SSSR count). The number of ether oxygens (including phenoxy) is 3. The number of rotatable bonds is 10. The van der Waals surface area contributed by atoms with Crippen molar-refractivity contribution in [3.8, 4) is 10.9 Å². The van der Waals surface area contributed by atoms with Crippen molar-refractivity contribution in [2.45, 2.75) is 76.6 Å². The van der Waals surface area contributed by atoms with Gasteiger partial charge in [0.05, 0.1) is 32.0 Å². The zero-order chi connectivity index (χ0) is 37.5. The Morgan fingerprint density at radius 2 is 1.79 bits per heavy atom. The molecule has 3 aromatic rings. The van der Waals surface area contributed by atoms with Gasteiger partial charge in [0.1, 0.15) is 24.6 Å². The van der Waals surface area contributed by atoms with E-state index in [1.807, 2.05) is 6.92 Å². The highest BCUT2D eigenvalue weighted by Gasteiger charge is 2.51. The highest BCUT2D eigenvalue weighted by atomic mass is 35.5. The van der Waals surface area contributed by atoms with Crippen LogP contribution in [0, 0.1) is 12.7 Å². The molecule has 2 N–H and O–H groups in total. The molecule has 2 aromatic carbocycles. The standard InChI is InChI=1S/C36H38Cl3FN4O7S/c1-19-12-23(37)30(24(38)13-19)49-10-11-50-32-41-16-27(52-32)22-14-21-17-43(34(48)51-35(2,3)4)18-26(44(21)33(46)47)28(22)31(45)42-36(8-9-36)15-20-6-5-7-25(40)29(20)39/h5-7,12-13,16,21,26H,8-11,14-15,17-18H2,1-4H3,(H,42,45)(H,46,47)/t21?,26-/m1/s1. The van der Waals surface area contributed by atoms with Crippen LogP contribution in [0.2, 0.25) is 15.1 Å². The third kappa shape index (κ3) is 8.38. The van der Waals surface area contributed by atoms with Crippen LogP contribution < -0.4 is 14.8 Å². The first-order chi connectivity index (χ1) is 24.5. The van der Waals surface area contributed by atoms with Crippen molar-refractivity contribution in [3.05, 3.63) is 79.0 Å². The van der Waals surface area contributed by atoms with Gasteiger partial charge in [-0.3, -0.25) is 9.69 Å². The maximum Gasteiger partial charge on any atom is 0.410 e. The second-order valence-corrected chi connectivity index (χ2v) is 16.4. The van der Waals surface area contributed by atoms with Crippen molar-refractivity contribution >= 4 is 69.8 Å². The first-order valence-electron chi connectivity index (χ1n) is 16.7. The lowest BCUT2D eigenvalue weighted by atomic mass is 9.84. The van der Waals surface area contributed by atoms with Crippen LogP contribution in [-0.2, 0) is 16.0 Å². The van der Waals surface area contributed by atoms with Gasteiger partial charge in [-0.1, -0.05) is 58.3 Å². The van der Waals surface area contributed by atoms with Crippen LogP contribution in [0.1, 0.15) is 56.0 Å². The quantitative estimate of drug-likeness (QED) is 0.198. The number of halogens is 4. The predicted molar refractivity (Wildman–Crippen MR) is 196 cm³/mol. The number of nitrogens with zero attached hydrogens (tertiary/aromatic N) is 3. The number of nitrogens with one attached hydrogen (secondary N) is 1. The van der Waals surface area contributed by atoms with Crippen LogP contribution in [0.3, 0.4) is 0 Å². The third-order valence-corrected chi connectivity index (χ3v) is 11.0. The average molecular weight is 796 g/mol. The van der Waals surface area contributed by atoms with Gasteiger partial charge in [0.25, 0.3) is 5.19 Å². The maximum atomic E-state index is 14.5. The van der Waals surface area contributed by atoms with Gasteiger partial charge in [0.15, 0.2) is 5.75 Å². The lowest BCUT2D eigenvalue weighted by molar-refractivity contribution is -0.119. The predicted octanol–water partition coefficient (Wildman–Crippen LogP) is 8.03. The second-order valence-electron chi connectivity index (χ2n) is 14.2. The molecule has 16 heteroatoms. The molecule has 1 saturated carbocycles. The summed E-state index contributed by atoms with van der Waals surface area (Å²) in [6.07, 6.45) is 1.44.